The predicted octanol–water partition coefficient (Wildman–Crippen LogP) is 0.877. The smallest absolute Gasteiger partial charge is 0.316 e. The lowest BCUT2D eigenvalue weighted by Crippen LogP contribution is -3.00. The molecular weight excluding hydrogens is 436 g/mol. The summed E-state index contributed by atoms with van der Waals surface area (Å²) >= 11 is 1.83. The van der Waals surface area contributed by atoms with E-state index in [2.05, 4.69) is 53.7 Å². The normalized spacial score (nSPS) is 21.4. The summed E-state index contributed by atoms with van der Waals surface area (Å²) in [4.78, 5) is 2.25. The number of rotatable bonds is 4. The van der Waals surface area contributed by atoms with Crippen molar-refractivity contribution in [3.8, 4) is 5.75 Å². The third kappa shape index (κ3) is 3.70. The van der Waals surface area contributed by atoms with Crippen LogP contribution in [0.15, 0.2) is 42.5 Å². The van der Waals surface area contributed by atoms with Crippen molar-refractivity contribution in [2.45, 2.75) is 32.9 Å². The molecule has 0 bridgehead atoms. The lowest BCUT2D eigenvalue weighted by Gasteiger charge is -2.26. The van der Waals surface area contributed by atoms with Crippen molar-refractivity contribution in [1.29, 1.82) is 0 Å². The Morgan fingerprint density at radius 2 is 1.93 bits per heavy atom. The molecule has 2 aliphatic heterocycles. The molecule has 2 aliphatic rings. The number of β-amino-alcohol motifs (C(OH)–C–C–N with tert-alkyl or cyclic N) is 1. The van der Waals surface area contributed by atoms with Crippen molar-refractivity contribution in [3.63, 3.8) is 0 Å². The Bertz CT molecular complexity index is 885. The largest absolute Gasteiger partial charge is 1.00 e. The van der Waals surface area contributed by atoms with E-state index >= 15 is 0 Å². The molecule has 1 atom stereocenters. The molecule has 0 fully saturated rings. The van der Waals surface area contributed by atoms with Crippen LogP contribution in [0, 0.1) is 13.8 Å². The Balaban J connectivity index is 0.00000225. The Morgan fingerprint density at radius 1 is 1.18 bits per heavy atom. The highest BCUT2D eigenvalue weighted by Crippen LogP contribution is 2.39. The molecule has 150 valence electrons. The summed E-state index contributed by atoms with van der Waals surface area (Å²) in [5, 5.41) is 13.0. The SMILES string of the molecule is CCOc1ccc(N2CC(O)(c3ccc(C)cc3C)[N+]3=C2SCCC3)cc1.[Br-]. The molecule has 0 saturated heterocycles. The molecule has 0 spiro atoms. The summed E-state index contributed by atoms with van der Waals surface area (Å²) in [6, 6.07) is 14.5. The van der Waals surface area contributed by atoms with Crippen LogP contribution in [0.1, 0.15) is 30.0 Å². The van der Waals surface area contributed by atoms with Crippen molar-refractivity contribution in [2.75, 3.05) is 30.3 Å². The molecule has 4 rings (SSSR count). The van der Waals surface area contributed by atoms with Gasteiger partial charge in [-0.2, -0.15) is 0 Å². The molecule has 28 heavy (non-hydrogen) atoms. The van der Waals surface area contributed by atoms with E-state index in [0.29, 0.717) is 13.2 Å². The van der Waals surface area contributed by atoms with Gasteiger partial charge in [0.2, 0.25) is 0 Å². The second-order valence-corrected chi connectivity index (χ2v) is 8.35. The van der Waals surface area contributed by atoms with Crippen LogP contribution in [0.4, 0.5) is 5.69 Å². The Morgan fingerprint density at radius 3 is 2.61 bits per heavy atom. The number of aryl methyl sites for hydroxylation is 2. The highest BCUT2D eigenvalue weighted by atomic mass is 79.9. The van der Waals surface area contributed by atoms with Crippen LogP contribution in [0.2, 0.25) is 0 Å². The summed E-state index contributed by atoms with van der Waals surface area (Å²) in [7, 11) is 0. The van der Waals surface area contributed by atoms with E-state index in [9.17, 15) is 5.11 Å². The number of hydrogen-bond acceptors (Lipinski definition) is 4. The summed E-state index contributed by atoms with van der Waals surface area (Å²) < 4.78 is 7.77. The van der Waals surface area contributed by atoms with Crippen LogP contribution < -0.4 is 26.6 Å². The third-order valence-electron chi connectivity index (χ3n) is 5.32. The number of ether oxygens (including phenoxy) is 1. The second kappa shape index (κ2) is 8.47. The van der Waals surface area contributed by atoms with E-state index in [4.69, 9.17) is 4.74 Å². The van der Waals surface area contributed by atoms with E-state index in [0.717, 1.165) is 46.4 Å². The Hall–Kier alpha value is -1.50. The van der Waals surface area contributed by atoms with Crippen molar-refractivity contribution in [3.05, 3.63) is 59.2 Å². The minimum atomic E-state index is -1.00. The lowest BCUT2D eigenvalue weighted by atomic mass is 9.95. The van der Waals surface area contributed by atoms with E-state index in [-0.39, 0.29) is 17.0 Å². The van der Waals surface area contributed by atoms with Gasteiger partial charge >= 0.3 is 5.17 Å². The Kier molecular flexibility index (Phi) is 6.42. The summed E-state index contributed by atoms with van der Waals surface area (Å²) in [6.45, 7) is 8.25. The van der Waals surface area contributed by atoms with E-state index < -0.39 is 5.72 Å². The molecule has 0 saturated carbocycles. The zero-order chi connectivity index (χ0) is 19.0. The van der Waals surface area contributed by atoms with Crippen LogP contribution in [-0.2, 0) is 5.72 Å². The number of thioether (sulfide) groups is 1. The van der Waals surface area contributed by atoms with Crippen LogP contribution in [0.5, 0.6) is 5.75 Å². The average molecular weight is 463 g/mol. The zero-order valence-corrected chi connectivity index (χ0v) is 19.0. The molecular formula is C22H27BrN2O2S. The van der Waals surface area contributed by atoms with Gasteiger partial charge in [-0.15, -0.1) is 0 Å². The highest BCUT2D eigenvalue weighted by Gasteiger charge is 2.53. The van der Waals surface area contributed by atoms with Crippen molar-refractivity contribution < 1.29 is 31.4 Å². The third-order valence-corrected chi connectivity index (χ3v) is 6.51. The fourth-order valence-corrected chi connectivity index (χ4v) is 5.26. The van der Waals surface area contributed by atoms with Gasteiger partial charge < -0.3 is 26.8 Å². The van der Waals surface area contributed by atoms with Gasteiger partial charge in [-0.1, -0.05) is 23.8 Å². The molecule has 2 heterocycles. The first kappa shape index (κ1) is 21.2. The second-order valence-electron chi connectivity index (χ2n) is 7.28. The molecule has 1 N–H and O–H groups in total. The van der Waals surface area contributed by atoms with Gasteiger partial charge in [-0.3, -0.25) is 0 Å². The molecule has 1 unspecified atom stereocenters. The first-order valence-corrected chi connectivity index (χ1v) is 10.6. The topological polar surface area (TPSA) is 35.7 Å². The maximum Gasteiger partial charge on any atom is 0.316 e. The molecule has 4 nitrogen and oxygen atoms in total. The summed E-state index contributed by atoms with van der Waals surface area (Å²) in [5.41, 5.74) is 3.45. The van der Waals surface area contributed by atoms with E-state index in [1.807, 2.05) is 30.8 Å². The monoisotopic (exact) mass is 462 g/mol. The van der Waals surface area contributed by atoms with Gasteiger partial charge in [0.25, 0.3) is 5.72 Å². The summed E-state index contributed by atoms with van der Waals surface area (Å²) in [5.74, 6) is 1.96. The van der Waals surface area contributed by atoms with Crippen LogP contribution in [0.25, 0.3) is 0 Å². The minimum Gasteiger partial charge on any atom is -1.00 e. The average Bonchev–Trinajstić information content (AvgIpc) is 2.97. The molecule has 0 aromatic heterocycles. The number of anilines is 1. The molecule has 0 aliphatic carbocycles. The van der Waals surface area contributed by atoms with E-state index in [1.54, 1.807) is 0 Å². The number of nitrogens with zero attached hydrogens (tertiary/aromatic N) is 2. The number of hydrogen-bond donors (Lipinski definition) is 1. The first-order valence-electron chi connectivity index (χ1n) is 9.61. The maximum atomic E-state index is 11.8. The zero-order valence-electron chi connectivity index (χ0n) is 16.6. The van der Waals surface area contributed by atoms with Crippen LogP contribution in [-0.4, -0.2) is 40.3 Å². The number of halogens is 1. The van der Waals surface area contributed by atoms with E-state index in [1.165, 1.54) is 5.56 Å². The minimum absolute atomic E-state index is 0. The molecule has 2 aromatic carbocycles. The van der Waals surface area contributed by atoms with Crippen molar-refractivity contribution >= 4 is 22.6 Å². The number of aliphatic hydroxyl groups is 1. The van der Waals surface area contributed by atoms with Crippen molar-refractivity contribution in [2.24, 2.45) is 0 Å². The van der Waals surface area contributed by atoms with Crippen molar-refractivity contribution in [1.82, 2.24) is 0 Å². The molecule has 0 radical (unpaired) electrons. The number of amidine groups is 1. The van der Waals surface area contributed by atoms with Gasteiger partial charge in [0, 0.05) is 11.3 Å². The van der Waals surface area contributed by atoms with Gasteiger partial charge in [-0.05, 0) is 68.8 Å². The molecule has 6 heteroatoms. The fourth-order valence-electron chi connectivity index (χ4n) is 4.08. The van der Waals surface area contributed by atoms with Gasteiger partial charge in [0.15, 0.2) is 6.54 Å². The predicted molar refractivity (Wildman–Crippen MR) is 112 cm³/mol. The molecule has 0 amide bonds. The van der Waals surface area contributed by atoms with Crippen LogP contribution in [0.3, 0.4) is 0 Å². The van der Waals surface area contributed by atoms with Gasteiger partial charge in [0.05, 0.1) is 13.2 Å². The van der Waals surface area contributed by atoms with Gasteiger partial charge in [0.1, 0.15) is 11.4 Å². The van der Waals surface area contributed by atoms with Gasteiger partial charge in [-0.25, -0.2) is 9.48 Å². The standard InChI is InChI=1S/C22H27N2O2S.BrH/c1-4-26-19-9-7-18(8-10-19)23-15-22(25,24-12-5-13-27-21(23)24)20-11-6-16(2)14-17(20)3;/h6-11,14,25H,4-5,12-13,15H2,1-3H3;1H/q+1;/p-1. The first-order chi connectivity index (χ1) is 13.0. The summed E-state index contributed by atoms with van der Waals surface area (Å²) in [6.07, 6.45) is 1.08. The maximum absolute atomic E-state index is 11.8. The highest BCUT2D eigenvalue weighted by molar-refractivity contribution is 8.13. The lowest BCUT2D eigenvalue weighted by molar-refractivity contribution is -0.656. The van der Waals surface area contributed by atoms with Crippen LogP contribution >= 0.6 is 11.8 Å². The Labute approximate surface area is 182 Å². The molecule has 2 aromatic rings. The number of benzene rings is 2. The fraction of sp³-hybridized carbons (Fsp3) is 0.409. The quantitative estimate of drug-likeness (QED) is 0.684.